The topological polar surface area (TPSA) is 40.9 Å². The van der Waals surface area contributed by atoms with Crippen molar-refractivity contribution in [1.82, 2.24) is 4.98 Å². The Labute approximate surface area is 90.3 Å². The maximum Gasteiger partial charge on any atom is 0.150 e. The van der Waals surface area contributed by atoms with Crippen LogP contribution in [0.25, 0.3) is 0 Å². The van der Waals surface area contributed by atoms with Gasteiger partial charge in [-0.1, -0.05) is 17.4 Å². The molecule has 0 bridgehead atoms. The van der Waals surface area contributed by atoms with Gasteiger partial charge in [-0.3, -0.25) is 0 Å². The third kappa shape index (κ3) is 3.50. The second kappa shape index (κ2) is 5.90. The first-order valence-electron chi connectivity index (χ1n) is 4.89. The van der Waals surface area contributed by atoms with E-state index in [4.69, 9.17) is 0 Å². The summed E-state index contributed by atoms with van der Waals surface area (Å²) in [5.74, 6) is 0.818. The SMILES string of the molecule is C/C=C\CN(N=NC)c1cc(C)ccn1. The lowest BCUT2D eigenvalue weighted by Crippen LogP contribution is -2.16. The Morgan fingerprint density at radius 2 is 2.33 bits per heavy atom. The number of nitrogens with zero attached hydrogens (tertiary/aromatic N) is 4. The monoisotopic (exact) mass is 204 g/mol. The minimum absolute atomic E-state index is 0.685. The molecule has 1 rings (SSSR count). The largest absolute Gasteiger partial charge is 0.237 e. The molecule has 0 aliphatic rings. The minimum Gasteiger partial charge on any atom is -0.237 e. The molecule has 0 unspecified atom stereocenters. The number of allylic oxidation sites excluding steroid dienone is 1. The summed E-state index contributed by atoms with van der Waals surface area (Å²) in [4.78, 5) is 4.25. The molecule has 0 saturated heterocycles. The van der Waals surface area contributed by atoms with Crippen LogP contribution in [-0.2, 0) is 0 Å². The molecular formula is C11H16N4. The predicted octanol–water partition coefficient (Wildman–Crippen LogP) is 2.77. The van der Waals surface area contributed by atoms with E-state index in [1.807, 2.05) is 38.1 Å². The van der Waals surface area contributed by atoms with Crippen molar-refractivity contribution in [3.63, 3.8) is 0 Å². The lowest BCUT2D eigenvalue weighted by molar-refractivity contribution is 0.833. The highest BCUT2D eigenvalue weighted by atomic mass is 15.5. The Morgan fingerprint density at radius 1 is 1.53 bits per heavy atom. The van der Waals surface area contributed by atoms with E-state index in [1.54, 1.807) is 18.3 Å². The average molecular weight is 204 g/mol. The zero-order valence-corrected chi connectivity index (χ0v) is 9.38. The third-order valence-corrected chi connectivity index (χ3v) is 1.88. The average Bonchev–Trinajstić information content (AvgIpc) is 2.24. The van der Waals surface area contributed by atoms with E-state index in [9.17, 15) is 0 Å². The molecule has 4 nitrogen and oxygen atoms in total. The molecule has 0 amide bonds. The molecule has 0 saturated carbocycles. The highest BCUT2D eigenvalue weighted by Gasteiger charge is 2.03. The van der Waals surface area contributed by atoms with E-state index in [1.165, 1.54) is 0 Å². The summed E-state index contributed by atoms with van der Waals surface area (Å²) in [6, 6.07) is 3.94. The summed E-state index contributed by atoms with van der Waals surface area (Å²) < 4.78 is 0. The molecule has 0 atom stereocenters. The molecule has 1 aromatic heterocycles. The summed E-state index contributed by atoms with van der Waals surface area (Å²) in [5, 5.41) is 9.55. The fourth-order valence-electron chi connectivity index (χ4n) is 1.15. The highest BCUT2D eigenvalue weighted by molar-refractivity contribution is 5.39. The van der Waals surface area contributed by atoms with E-state index < -0.39 is 0 Å². The first kappa shape index (κ1) is 11.4. The fourth-order valence-corrected chi connectivity index (χ4v) is 1.15. The van der Waals surface area contributed by atoms with Gasteiger partial charge in [0, 0.05) is 6.20 Å². The Balaban J connectivity index is 2.88. The Kier molecular flexibility index (Phi) is 4.47. The van der Waals surface area contributed by atoms with Crippen molar-refractivity contribution in [3.8, 4) is 0 Å². The van der Waals surface area contributed by atoms with Crippen LogP contribution in [-0.4, -0.2) is 18.6 Å². The minimum atomic E-state index is 0.685. The maximum absolute atomic E-state index is 4.25. The van der Waals surface area contributed by atoms with Gasteiger partial charge in [-0.05, 0) is 31.5 Å². The van der Waals surface area contributed by atoms with Crippen LogP contribution >= 0.6 is 0 Å². The van der Waals surface area contributed by atoms with Gasteiger partial charge < -0.3 is 0 Å². The van der Waals surface area contributed by atoms with Crippen LogP contribution in [0.15, 0.2) is 40.8 Å². The number of aryl methyl sites for hydroxylation is 1. The van der Waals surface area contributed by atoms with Crippen molar-refractivity contribution in [3.05, 3.63) is 36.0 Å². The first-order chi connectivity index (χ1) is 7.27. The number of aromatic nitrogens is 1. The summed E-state index contributed by atoms with van der Waals surface area (Å²) >= 11 is 0. The molecule has 0 radical (unpaired) electrons. The van der Waals surface area contributed by atoms with E-state index in [0.29, 0.717) is 6.54 Å². The number of hydrogen-bond acceptors (Lipinski definition) is 3. The fraction of sp³-hybridized carbons (Fsp3) is 0.364. The maximum atomic E-state index is 4.25. The van der Waals surface area contributed by atoms with Gasteiger partial charge >= 0.3 is 0 Å². The molecular weight excluding hydrogens is 188 g/mol. The Hall–Kier alpha value is -1.71. The smallest absolute Gasteiger partial charge is 0.150 e. The third-order valence-electron chi connectivity index (χ3n) is 1.88. The number of pyridine rings is 1. The number of rotatable bonds is 4. The van der Waals surface area contributed by atoms with Crippen LogP contribution in [0.1, 0.15) is 12.5 Å². The zero-order chi connectivity index (χ0) is 11.1. The number of hydrogen-bond donors (Lipinski definition) is 0. The molecule has 0 spiro atoms. The van der Waals surface area contributed by atoms with Gasteiger partial charge in [-0.25, -0.2) is 9.99 Å². The van der Waals surface area contributed by atoms with Crippen molar-refractivity contribution in [2.24, 2.45) is 10.3 Å². The second-order valence-electron chi connectivity index (χ2n) is 3.13. The normalized spacial score (nSPS) is 11.4. The molecule has 0 aliphatic carbocycles. The summed E-state index contributed by atoms with van der Waals surface area (Å²) in [6.45, 7) is 4.69. The molecule has 80 valence electrons. The molecule has 0 aliphatic heterocycles. The van der Waals surface area contributed by atoms with Crippen LogP contribution in [0.5, 0.6) is 0 Å². The summed E-state index contributed by atoms with van der Waals surface area (Å²) in [7, 11) is 1.65. The van der Waals surface area contributed by atoms with E-state index in [0.717, 1.165) is 11.4 Å². The zero-order valence-electron chi connectivity index (χ0n) is 9.38. The Morgan fingerprint density at radius 3 is 2.93 bits per heavy atom. The van der Waals surface area contributed by atoms with Gasteiger partial charge in [0.25, 0.3) is 0 Å². The van der Waals surface area contributed by atoms with Crippen molar-refractivity contribution in [1.29, 1.82) is 0 Å². The van der Waals surface area contributed by atoms with Crippen molar-refractivity contribution >= 4 is 5.82 Å². The van der Waals surface area contributed by atoms with Crippen molar-refractivity contribution < 1.29 is 0 Å². The van der Waals surface area contributed by atoms with Crippen LogP contribution < -0.4 is 5.01 Å². The van der Waals surface area contributed by atoms with Crippen molar-refractivity contribution in [2.75, 3.05) is 18.6 Å². The van der Waals surface area contributed by atoms with Crippen LogP contribution in [0, 0.1) is 6.92 Å². The van der Waals surface area contributed by atoms with Gasteiger partial charge in [-0.2, -0.15) is 5.11 Å². The quantitative estimate of drug-likeness (QED) is 0.430. The summed E-state index contributed by atoms with van der Waals surface area (Å²) in [6.07, 6.45) is 5.77. The standard InChI is InChI=1S/C11H16N4/c1-4-5-8-15(14-12-3)11-9-10(2)6-7-13-11/h4-7,9H,8H2,1-3H3/b5-4-,14-12?. The molecule has 1 aromatic rings. The molecule has 0 aromatic carbocycles. The van der Waals surface area contributed by atoms with Crippen molar-refractivity contribution in [2.45, 2.75) is 13.8 Å². The van der Waals surface area contributed by atoms with Gasteiger partial charge in [-0.15, -0.1) is 0 Å². The first-order valence-corrected chi connectivity index (χ1v) is 4.89. The van der Waals surface area contributed by atoms with E-state index in [-0.39, 0.29) is 0 Å². The second-order valence-corrected chi connectivity index (χ2v) is 3.13. The predicted molar refractivity (Wildman–Crippen MR) is 61.9 cm³/mol. The van der Waals surface area contributed by atoms with E-state index >= 15 is 0 Å². The van der Waals surface area contributed by atoms with Gasteiger partial charge in [0.2, 0.25) is 0 Å². The molecule has 4 heteroatoms. The molecule has 1 heterocycles. The van der Waals surface area contributed by atoms with Gasteiger partial charge in [0.15, 0.2) is 5.82 Å². The summed E-state index contributed by atoms with van der Waals surface area (Å²) in [5.41, 5.74) is 1.16. The lowest BCUT2D eigenvalue weighted by Gasteiger charge is -2.14. The molecule has 0 fully saturated rings. The van der Waals surface area contributed by atoms with Gasteiger partial charge in [0.05, 0.1) is 13.6 Å². The molecule has 15 heavy (non-hydrogen) atoms. The Bertz CT molecular complexity index is 357. The lowest BCUT2D eigenvalue weighted by atomic mass is 10.3. The van der Waals surface area contributed by atoms with Gasteiger partial charge in [0.1, 0.15) is 0 Å². The van der Waals surface area contributed by atoms with E-state index in [2.05, 4.69) is 15.3 Å². The van der Waals surface area contributed by atoms with Crippen LogP contribution in [0.4, 0.5) is 5.82 Å². The van der Waals surface area contributed by atoms with Crippen LogP contribution in [0.3, 0.4) is 0 Å². The number of anilines is 1. The highest BCUT2D eigenvalue weighted by Crippen LogP contribution is 2.12. The molecule has 0 N–H and O–H groups in total. The van der Waals surface area contributed by atoms with Crippen LogP contribution in [0.2, 0.25) is 0 Å².